The van der Waals surface area contributed by atoms with E-state index in [1.165, 1.54) is 0 Å². The topological polar surface area (TPSA) is 193 Å². The van der Waals surface area contributed by atoms with Crippen molar-refractivity contribution in [3.8, 4) is 45.6 Å². The van der Waals surface area contributed by atoms with E-state index in [2.05, 4.69) is 0 Å². The van der Waals surface area contributed by atoms with Gasteiger partial charge in [0.2, 0.25) is 0 Å². The number of aldehydes is 2. The number of carbonyl (C=O) groups excluding carboxylic acids is 2. The van der Waals surface area contributed by atoms with E-state index in [0.717, 1.165) is 0 Å². The minimum absolute atomic E-state index is 0.00512. The van der Waals surface area contributed by atoms with Crippen LogP contribution in [-0.2, 0) is 4.79 Å². The van der Waals surface area contributed by atoms with Crippen molar-refractivity contribution in [1.29, 1.82) is 0 Å². The Bertz CT molecular complexity index is 1670. The van der Waals surface area contributed by atoms with Gasteiger partial charge in [0.25, 0.3) is 0 Å². The Morgan fingerprint density at radius 2 is 0.953 bits per heavy atom. The van der Waals surface area contributed by atoms with Gasteiger partial charge in [0, 0.05) is 39.4 Å². The highest BCUT2D eigenvalue weighted by molar-refractivity contribution is 6.14. The summed E-state index contributed by atoms with van der Waals surface area (Å²) in [7, 11) is 0. The number of carbonyl (C=O) groups is 3. The van der Waals surface area contributed by atoms with Crippen LogP contribution in [0.15, 0.2) is 12.1 Å². The zero-order chi connectivity index (χ0) is 32.7. The molecule has 0 atom stereocenters. The van der Waals surface area contributed by atoms with Crippen LogP contribution >= 0.6 is 0 Å². The number of phenolic OH excluding ortho intramolecular Hbond substituents is 6. The van der Waals surface area contributed by atoms with Crippen LogP contribution in [0.4, 0.5) is 0 Å². The Hall–Kier alpha value is -4.99. The van der Waals surface area contributed by atoms with Crippen LogP contribution in [0.2, 0.25) is 0 Å². The van der Waals surface area contributed by atoms with Gasteiger partial charge < -0.3 is 35.7 Å². The van der Waals surface area contributed by atoms with Gasteiger partial charge in [-0.1, -0.05) is 46.8 Å². The molecule has 4 rings (SSSR count). The van der Waals surface area contributed by atoms with E-state index < -0.39 is 40.5 Å². The molecule has 0 radical (unpaired) electrons. The number of rotatable bonds is 6. The maximum absolute atomic E-state index is 12.0. The fraction of sp³-hybridized carbons (Fsp3) is 0.303. The van der Waals surface area contributed by atoms with Gasteiger partial charge in [-0.2, -0.15) is 0 Å². The summed E-state index contributed by atoms with van der Waals surface area (Å²) in [5.41, 5.74) is 1.33. The van der Waals surface area contributed by atoms with E-state index in [9.17, 15) is 45.0 Å². The Morgan fingerprint density at radius 1 is 0.651 bits per heavy atom. The largest absolute Gasteiger partial charge is 0.507 e. The molecule has 0 fully saturated rings. The molecule has 228 valence electrons. The SMILES string of the molecule is CCC(=O)O.Cc1cc2c(C(C)C)c(O)c(O)c(C=O)c2c(O)c1-c1c(C)cc2c(C(C)C)c(O)c(O)c(C=O)c2c1O. The second kappa shape index (κ2) is 12.1. The Balaban J connectivity index is 0.000000934. The lowest BCUT2D eigenvalue weighted by Gasteiger charge is -2.23. The van der Waals surface area contributed by atoms with Crippen molar-refractivity contribution in [2.24, 2.45) is 0 Å². The molecule has 0 unspecified atom stereocenters. The Labute approximate surface area is 248 Å². The van der Waals surface area contributed by atoms with E-state index in [4.69, 9.17) is 5.11 Å². The first-order valence-electron chi connectivity index (χ1n) is 13.7. The maximum Gasteiger partial charge on any atom is 0.303 e. The second-order valence-electron chi connectivity index (χ2n) is 11.0. The molecule has 0 aliphatic heterocycles. The predicted octanol–water partition coefficient (Wildman–Crippen LogP) is 6.86. The van der Waals surface area contributed by atoms with Crippen LogP contribution in [0.25, 0.3) is 32.7 Å². The molecule has 4 aromatic rings. The number of benzene rings is 4. The molecular weight excluding hydrogens is 556 g/mol. The molecule has 0 saturated heterocycles. The van der Waals surface area contributed by atoms with Crippen LogP contribution in [0.3, 0.4) is 0 Å². The molecule has 4 aromatic carbocycles. The number of aromatic hydroxyl groups is 6. The van der Waals surface area contributed by atoms with E-state index in [-0.39, 0.29) is 51.3 Å². The van der Waals surface area contributed by atoms with Gasteiger partial charge in [-0.3, -0.25) is 14.4 Å². The smallest absolute Gasteiger partial charge is 0.303 e. The minimum atomic E-state index is -0.745. The average Bonchev–Trinajstić information content (AvgIpc) is 2.92. The third kappa shape index (κ3) is 5.24. The summed E-state index contributed by atoms with van der Waals surface area (Å²) in [5, 5.41) is 74.1. The minimum Gasteiger partial charge on any atom is -0.507 e. The summed E-state index contributed by atoms with van der Waals surface area (Å²) in [6, 6.07) is 3.31. The highest BCUT2D eigenvalue weighted by Crippen LogP contribution is 2.54. The van der Waals surface area contributed by atoms with Crippen molar-refractivity contribution in [3.63, 3.8) is 0 Å². The van der Waals surface area contributed by atoms with Gasteiger partial charge in [-0.15, -0.1) is 0 Å². The third-order valence-corrected chi connectivity index (χ3v) is 7.53. The van der Waals surface area contributed by atoms with Crippen molar-refractivity contribution >= 4 is 40.1 Å². The summed E-state index contributed by atoms with van der Waals surface area (Å²) >= 11 is 0. The summed E-state index contributed by atoms with van der Waals surface area (Å²) < 4.78 is 0. The van der Waals surface area contributed by atoms with Gasteiger partial charge in [-0.05, 0) is 47.6 Å². The quantitative estimate of drug-likeness (QED) is 0.0918. The van der Waals surface area contributed by atoms with Crippen molar-refractivity contribution < 1.29 is 50.1 Å². The number of fused-ring (bicyclic) bond motifs is 2. The summed E-state index contributed by atoms with van der Waals surface area (Å²) in [6.07, 6.45) is 0.904. The van der Waals surface area contributed by atoms with E-state index >= 15 is 0 Å². The van der Waals surface area contributed by atoms with Crippen molar-refractivity contribution in [1.82, 2.24) is 0 Å². The maximum atomic E-state index is 12.0. The molecule has 0 heterocycles. The standard InChI is InChI=1S/C30H30O8.C3H6O2/c1-11(2)19-15-7-13(5)21(27(35)23(15)17(9-31)25(33)29(19)37)22-14(6)8-16-20(12(3)4)30(38)26(34)18(10-32)24(16)28(22)36;1-2-3(4)5/h7-12,33-38H,1-6H3;2H2,1H3,(H,4,5). The number of aryl methyl sites for hydroxylation is 2. The van der Waals surface area contributed by atoms with Crippen molar-refractivity contribution in [2.75, 3.05) is 0 Å². The fourth-order valence-corrected chi connectivity index (χ4v) is 5.60. The third-order valence-electron chi connectivity index (χ3n) is 7.53. The second-order valence-corrected chi connectivity index (χ2v) is 11.0. The van der Waals surface area contributed by atoms with E-state index in [0.29, 0.717) is 45.6 Å². The first kappa shape index (κ1) is 32.5. The highest BCUT2D eigenvalue weighted by Gasteiger charge is 2.29. The number of phenols is 6. The molecule has 0 bridgehead atoms. The molecule has 7 N–H and O–H groups in total. The van der Waals surface area contributed by atoms with E-state index in [1.807, 2.05) is 0 Å². The van der Waals surface area contributed by atoms with Crippen LogP contribution in [0, 0.1) is 13.8 Å². The average molecular weight is 593 g/mol. The number of hydrogen-bond donors (Lipinski definition) is 7. The zero-order valence-corrected chi connectivity index (χ0v) is 25.0. The molecule has 0 saturated carbocycles. The molecule has 10 heteroatoms. The molecule has 0 amide bonds. The molecule has 0 aliphatic carbocycles. The van der Waals surface area contributed by atoms with Crippen LogP contribution < -0.4 is 0 Å². The van der Waals surface area contributed by atoms with Gasteiger partial charge in [0.1, 0.15) is 11.5 Å². The molecule has 0 aliphatic rings. The first-order chi connectivity index (χ1) is 20.1. The molecule has 0 spiro atoms. The van der Waals surface area contributed by atoms with E-state index in [1.54, 1.807) is 60.6 Å². The Kier molecular flexibility index (Phi) is 9.14. The monoisotopic (exact) mass is 592 g/mol. The van der Waals surface area contributed by atoms with Crippen LogP contribution in [-0.4, -0.2) is 54.3 Å². The van der Waals surface area contributed by atoms with Gasteiger partial charge >= 0.3 is 5.97 Å². The summed E-state index contributed by atoms with van der Waals surface area (Å²) in [4.78, 5) is 33.4. The van der Waals surface area contributed by atoms with Gasteiger partial charge in [-0.25, -0.2) is 0 Å². The molecule has 10 nitrogen and oxygen atoms in total. The van der Waals surface area contributed by atoms with Crippen molar-refractivity contribution in [2.45, 2.75) is 66.7 Å². The number of aliphatic carboxylic acids is 1. The zero-order valence-electron chi connectivity index (χ0n) is 25.0. The lowest BCUT2D eigenvalue weighted by atomic mass is 9.83. The Morgan fingerprint density at radius 3 is 1.19 bits per heavy atom. The first-order valence-corrected chi connectivity index (χ1v) is 13.7. The van der Waals surface area contributed by atoms with Crippen LogP contribution in [0.1, 0.15) is 95.8 Å². The molecular formula is C33H36O10. The van der Waals surface area contributed by atoms with Crippen molar-refractivity contribution in [3.05, 3.63) is 45.5 Å². The van der Waals surface area contributed by atoms with Crippen LogP contribution in [0.5, 0.6) is 34.5 Å². The highest BCUT2D eigenvalue weighted by atomic mass is 16.4. The van der Waals surface area contributed by atoms with Gasteiger partial charge in [0.05, 0.1) is 11.1 Å². The lowest BCUT2D eigenvalue weighted by molar-refractivity contribution is -0.136. The summed E-state index contributed by atoms with van der Waals surface area (Å²) in [5.74, 6) is -4.32. The lowest BCUT2D eigenvalue weighted by Crippen LogP contribution is -2.01. The molecule has 43 heavy (non-hydrogen) atoms. The van der Waals surface area contributed by atoms with Gasteiger partial charge in [0.15, 0.2) is 35.6 Å². The molecule has 0 aromatic heterocycles. The fourth-order valence-electron chi connectivity index (χ4n) is 5.60. The predicted molar refractivity (Wildman–Crippen MR) is 163 cm³/mol. The number of hydrogen-bond acceptors (Lipinski definition) is 9. The normalized spacial score (nSPS) is 11.2. The number of carboxylic acids is 1. The summed E-state index contributed by atoms with van der Waals surface area (Å²) in [6.45, 7) is 12.1. The number of carboxylic acid groups (broad SMARTS) is 1.